The Balaban J connectivity index is 2.02. The Kier molecular flexibility index (Phi) is 9.54. The van der Waals surface area contributed by atoms with E-state index in [2.05, 4.69) is 4.36 Å². The van der Waals surface area contributed by atoms with E-state index in [1.165, 1.54) is 25.8 Å². The standard InChI is InChI=1S/C29H31FIN3O5S2/c1-7-8-11-38-29(36)24-15-22-23(16-33(4)28(35)26(22)34(24)40-31)21-14-20(32-41(5,6)37)9-10-25(21)39-27-17(2)12-19(30)13-18(27)3/h9-10,12-16H,7-8,11H2,1-6H3. The number of hydrogen-bond donors (Lipinski definition) is 0. The van der Waals surface area contributed by atoms with E-state index in [1.807, 2.05) is 28.1 Å². The van der Waals surface area contributed by atoms with E-state index < -0.39 is 15.7 Å². The van der Waals surface area contributed by atoms with Crippen molar-refractivity contribution in [1.82, 2.24) is 8.54 Å². The number of nitrogens with zero attached hydrogens (tertiary/aromatic N) is 3. The predicted molar refractivity (Wildman–Crippen MR) is 173 cm³/mol. The minimum absolute atomic E-state index is 0.235. The van der Waals surface area contributed by atoms with Crippen LogP contribution in [0.1, 0.15) is 41.4 Å². The van der Waals surface area contributed by atoms with Crippen LogP contribution < -0.4 is 10.3 Å². The van der Waals surface area contributed by atoms with Gasteiger partial charge in [0, 0.05) is 82.3 Å². The van der Waals surface area contributed by atoms with Crippen LogP contribution in [0, 0.1) is 19.7 Å². The molecule has 0 atom stereocenters. The molecule has 0 amide bonds. The summed E-state index contributed by atoms with van der Waals surface area (Å²) < 4.78 is 45.8. The molecule has 0 bridgehead atoms. The highest BCUT2D eigenvalue weighted by Gasteiger charge is 2.24. The van der Waals surface area contributed by atoms with Crippen molar-refractivity contribution in [1.29, 1.82) is 0 Å². The molecule has 2 heterocycles. The summed E-state index contributed by atoms with van der Waals surface area (Å²) in [6.45, 7) is 5.80. The summed E-state index contributed by atoms with van der Waals surface area (Å²) in [6.07, 6.45) is 6.36. The minimum Gasteiger partial charge on any atom is -0.461 e. The SMILES string of the molecule is CCCCOC(=O)c1cc2c(-c3cc(N=S(C)(C)=O)ccc3Oc3c(C)cc(F)cc3C)cn(C)c(=O)c2n1SI. The van der Waals surface area contributed by atoms with Crippen LogP contribution in [0.4, 0.5) is 10.1 Å². The third-order valence-electron chi connectivity index (χ3n) is 6.32. The van der Waals surface area contributed by atoms with Gasteiger partial charge in [0.05, 0.1) is 12.3 Å². The van der Waals surface area contributed by atoms with Crippen LogP contribution in [-0.4, -0.2) is 37.8 Å². The average Bonchev–Trinajstić information content (AvgIpc) is 3.28. The molecule has 0 aliphatic carbocycles. The first-order valence-electron chi connectivity index (χ1n) is 12.8. The number of hydrogen-bond acceptors (Lipinski definition) is 7. The van der Waals surface area contributed by atoms with Gasteiger partial charge < -0.3 is 14.0 Å². The maximum atomic E-state index is 14.0. The molecule has 41 heavy (non-hydrogen) atoms. The van der Waals surface area contributed by atoms with E-state index in [-0.39, 0.29) is 23.7 Å². The van der Waals surface area contributed by atoms with E-state index in [0.29, 0.717) is 50.3 Å². The molecule has 4 rings (SSSR count). The zero-order valence-corrected chi connectivity index (χ0v) is 27.4. The molecular formula is C29H31FIN3O5S2. The Labute approximate surface area is 255 Å². The number of rotatable bonds is 9. The lowest BCUT2D eigenvalue weighted by molar-refractivity contribution is 0.0492. The van der Waals surface area contributed by atoms with Gasteiger partial charge in [-0.3, -0.25) is 8.77 Å². The smallest absolute Gasteiger partial charge is 0.355 e. The van der Waals surface area contributed by atoms with E-state index in [4.69, 9.17) is 9.47 Å². The molecule has 0 aliphatic rings. The lowest BCUT2D eigenvalue weighted by Crippen LogP contribution is -2.19. The maximum Gasteiger partial charge on any atom is 0.355 e. The molecule has 0 unspecified atom stereocenters. The molecule has 0 saturated carbocycles. The van der Waals surface area contributed by atoms with E-state index in [0.717, 1.165) is 12.8 Å². The van der Waals surface area contributed by atoms with Gasteiger partial charge in [-0.2, -0.15) is 4.36 Å². The van der Waals surface area contributed by atoms with Crippen LogP contribution in [0.2, 0.25) is 0 Å². The first kappa shape index (κ1) is 31.1. The van der Waals surface area contributed by atoms with E-state index in [9.17, 15) is 18.2 Å². The molecule has 8 nitrogen and oxygen atoms in total. The number of fused-ring (bicyclic) bond motifs is 1. The van der Waals surface area contributed by atoms with Crippen molar-refractivity contribution in [3.63, 3.8) is 0 Å². The fraction of sp³-hybridized carbons (Fsp3) is 0.310. The second-order valence-electron chi connectivity index (χ2n) is 10.0. The van der Waals surface area contributed by atoms with Gasteiger partial charge in [-0.05, 0) is 67.8 Å². The van der Waals surface area contributed by atoms with Crippen LogP contribution in [0.15, 0.2) is 51.8 Å². The van der Waals surface area contributed by atoms with Gasteiger partial charge in [0.15, 0.2) is 0 Å². The Hall–Kier alpha value is -2.84. The number of pyridine rings is 1. The second-order valence-corrected chi connectivity index (χ2v) is 14.3. The van der Waals surface area contributed by atoms with Gasteiger partial charge in [-0.15, -0.1) is 0 Å². The Morgan fingerprint density at radius 1 is 1.12 bits per heavy atom. The topological polar surface area (TPSA) is 91.9 Å². The molecule has 0 saturated heterocycles. The summed E-state index contributed by atoms with van der Waals surface area (Å²) in [5, 5.41) is 0.517. The summed E-state index contributed by atoms with van der Waals surface area (Å²) in [5.74, 6) is 0.0237. The Bertz CT molecular complexity index is 1810. The van der Waals surface area contributed by atoms with Crippen molar-refractivity contribution in [3.05, 3.63) is 75.6 Å². The number of unbranched alkanes of at least 4 members (excludes halogenated alkanes) is 1. The van der Waals surface area contributed by atoms with Gasteiger partial charge >= 0.3 is 5.97 Å². The molecule has 12 heteroatoms. The number of aryl methyl sites for hydroxylation is 3. The number of halogens is 2. The van der Waals surface area contributed by atoms with Crippen LogP contribution in [0.5, 0.6) is 11.5 Å². The molecule has 4 aromatic rings. The monoisotopic (exact) mass is 711 g/mol. The summed E-state index contributed by atoms with van der Waals surface area (Å²) in [7, 11) is 0.346. The molecule has 0 aliphatic heterocycles. The van der Waals surface area contributed by atoms with Crippen molar-refractivity contribution >= 4 is 62.6 Å². The summed E-state index contributed by atoms with van der Waals surface area (Å²) >= 11 is 2.03. The third kappa shape index (κ3) is 6.81. The number of ether oxygens (including phenoxy) is 2. The lowest BCUT2D eigenvalue weighted by Gasteiger charge is -2.17. The van der Waals surface area contributed by atoms with Gasteiger partial charge in [0.1, 0.15) is 28.5 Å². The largest absolute Gasteiger partial charge is 0.461 e. The molecule has 0 N–H and O–H groups in total. The van der Waals surface area contributed by atoms with E-state index >= 15 is 0 Å². The normalized spacial score (nSPS) is 11.6. The first-order chi connectivity index (χ1) is 19.3. The minimum atomic E-state index is -2.48. The maximum absolute atomic E-state index is 14.0. The fourth-order valence-electron chi connectivity index (χ4n) is 4.50. The Morgan fingerprint density at radius 3 is 2.41 bits per heavy atom. The van der Waals surface area contributed by atoms with E-state index in [1.54, 1.807) is 67.8 Å². The van der Waals surface area contributed by atoms with Crippen molar-refractivity contribution in [2.45, 2.75) is 33.6 Å². The number of carbonyl (C=O) groups excluding carboxylic acids is 1. The quantitative estimate of drug-likeness (QED) is 0.100. The molecule has 2 aromatic carbocycles. The number of esters is 1. The summed E-state index contributed by atoms with van der Waals surface area (Å²) in [5.41, 5.74) is 3.09. The van der Waals surface area contributed by atoms with Crippen LogP contribution in [-0.2, 0) is 21.5 Å². The van der Waals surface area contributed by atoms with Crippen molar-refractivity contribution in [2.75, 3.05) is 19.1 Å². The van der Waals surface area contributed by atoms with Crippen molar-refractivity contribution in [3.8, 4) is 22.6 Å². The van der Waals surface area contributed by atoms with Gasteiger partial charge in [-0.25, -0.2) is 13.4 Å². The van der Waals surface area contributed by atoms with Crippen molar-refractivity contribution in [2.24, 2.45) is 11.4 Å². The summed E-state index contributed by atoms with van der Waals surface area (Å²) in [6, 6.07) is 9.59. The molecule has 218 valence electrons. The lowest BCUT2D eigenvalue weighted by atomic mass is 10.0. The Morgan fingerprint density at radius 2 is 1.80 bits per heavy atom. The highest BCUT2D eigenvalue weighted by molar-refractivity contribution is 14.2. The summed E-state index contributed by atoms with van der Waals surface area (Å²) in [4.78, 5) is 26.5. The zero-order valence-electron chi connectivity index (χ0n) is 23.6. The average molecular weight is 712 g/mol. The fourth-order valence-corrected chi connectivity index (χ4v) is 6.79. The first-order valence-corrected chi connectivity index (χ1v) is 18.5. The number of benzene rings is 2. The molecular weight excluding hydrogens is 680 g/mol. The molecule has 2 aromatic heterocycles. The second kappa shape index (κ2) is 12.6. The molecule has 0 radical (unpaired) electrons. The van der Waals surface area contributed by atoms with Crippen LogP contribution in [0.3, 0.4) is 0 Å². The van der Waals surface area contributed by atoms with Crippen LogP contribution in [0.25, 0.3) is 22.0 Å². The predicted octanol–water partition coefficient (Wildman–Crippen LogP) is 7.72. The number of carbonyl (C=O) groups is 1. The highest BCUT2D eigenvalue weighted by Crippen LogP contribution is 2.42. The molecule has 0 spiro atoms. The van der Waals surface area contributed by atoms with Crippen LogP contribution >= 0.6 is 30.3 Å². The van der Waals surface area contributed by atoms with Gasteiger partial charge in [0.2, 0.25) is 0 Å². The zero-order chi connectivity index (χ0) is 30.1. The molecule has 0 fully saturated rings. The number of aromatic nitrogens is 2. The highest BCUT2D eigenvalue weighted by atomic mass is 127. The van der Waals surface area contributed by atoms with Crippen molar-refractivity contribution < 1.29 is 22.9 Å². The van der Waals surface area contributed by atoms with Gasteiger partial charge in [-0.1, -0.05) is 13.3 Å². The van der Waals surface area contributed by atoms with Gasteiger partial charge in [0.25, 0.3) is 5.56 Å². The third-order valence-corrected chi connectivity index (χ3v) is 8.67.